The van der Waals surface area contributed by atoms with Crippen LogP contribution in [0.25, 0.3) is 0 Å². The van der Waals surface area contributed by atoms with E-state index in [9.17, 15) is 9.90 Å². The maximum Gasteiger partial charge on any atom is 0.178 e. The fourth-order valence-corrected chi connectivity index (χ4v) is 10.5. The Bertz CT molecular complexity index is 779. The van der Waals surface area contributed by atoms with E-state index in [1.165, 1.54) is 6.08 Å². The Hall–Kier alpha value is -0.520. The molecule has 0 bridgehead atoms. The molecule has 160 valence electrons. The van der Waals surface area contributed by atoms with Crippen molar-refractivity contribution >= 4 is 29.3 Å². The molecule has 4 aliphatic carbocycles. The first-order valence-corrected chi connectivity index (χ1v) is 12.9. The molecule has 1 N–H and O–H groups in total. The monoisotopic (exact) mass is 436 g/mol. The lowest BCUT2D eigenvalue weighted by molar-refractivity contribution is -0.189. The number of alkyl halides is 1. The van der Waals surface area contributed by atoms with Gasteiger partial charge in [-0.25, -0.2) is 4.39 Å². The van der Waals surface area contributed by atoms with Crippen LogP contribution in [0.3, 0.4) is 0 Å². The molecule has 7 atom stereocenters. The second-order valence-electron chi connectivity index (χ2n) is 9.59. The summed E-state index contributed by atoms with van der Waals surface area (Å²) in [5, 5.41) is 11.4. The lowest BCUT2D eigenvalue weighted by atomic mass is 9.46. The van der Waals surface area contributed by atoms with Crippen molar-refractivity contribution in [3.05, 3.63) is 36.5 Å². The summed E-state index contributed by atoms with van der Waals surface area (Å²) >= 11 is 3.93. The van der Waals surface area contributed by atoms with Crippen molar-refractivity contribution in [1.82, 2.24) is 0 Å². The van der Waals surface area contributed by atoms with E-state index < -0.39 is 17.2 Å². The molecular formula is C24H33FO2S2. The number of rotatable bonds is 5. The van der Waals surface area contributed by atoms with Crippen LogP contribution in [0.5, 0.6) is 0 Å². The van der Waals surface area contributed by atoms with Crippen LogP contribution in [-0.2, 0) is 4.79 Å². The van der Waals surface area contributed by atoms with E-state index in [4.69, 9.17) is 0 Å². The minimum Gasteiger partial charge on any atom is -0.390 e. The van der Waals surface area contributed by atoms with E-state index in [0.717, 1.165) is 42.8 Å². The Morgan fingerprint density at radius 1 is 1.31 bits per heavy atom. The van der Waals surface area contributed by atoms with E-state index in [0.29, 0.717) is 6.42 Å². The Labute approximate surface area is 182 Å². The van der Waals surface area contributed by atoms with Gasteiger partial charge in [-0.1, -0.05) is 31.6 Å². The van der Waals surface area contributed by atoms with Crippen molar-refractivity contribution < 1.29 is 14.3 Å². The van der Waals surface area contributed by atoms with Gasteiger partial charge in [0.2, 0.25) is 0 Å². The first-order valence-electron chi connectivity index (χ1n) is 10.9. The van der Waals surface area contributed by atoms with Crippen LogP contribution in [0.15, 0.2) is 36.5 Å². The van der Waals surface area contributed by atoms with Gasteiger partial charge in [0, 0.05) is 17.1 Å². The average Bonchev–Trinajstić information content (AvgIpc) is 2.95. The zero-order valence-corrected chi connectivity index (χ0v) is 19.4. The molecule has 0 spiro atoms. The van der Waals surface area contributed by atoms with Gasteiger partial charge in [0.25, 0.3) is 0 Å². The lowest BCUT2D eigenvalue weighted by Gasteiger charge is -2.63. The van der Waals surface area contributed by atoms with E-state index in [2.05, 4.69) is 20.4 Å². The van der Waals surface area contributed by atoms with Crippen LogP contribution in [0, 0.1) is 22.7 Å². The number of aliphatic hydroxyl groups excluding tert-OH is 1. The molecule has 0 aliphatic heterocycles. The molecule has 3 saturated carbocycles. The lowest BCUT2D eigenvalue weighted by Crippen LogP contribution is -2.67. The van der Waals surface area contributed by atoms with Crippen molar-refractivity contribution in [3.63, 3.8) is 0 Å². The number of hydrogen-bond donors (Lipinski definition) is 1. The molecule has 4 aliphatic rings. The van der Waals surface area contributed by atoms with E-state index in [1.54, 1.807) is 12.2 Å². The highest BCUT2D eigenvalue weighted by molar-refractivity contribution is 8.18. The summed E-state index contributed by atoms with van der Waals surface area (Å²) in [6.07, 6.45) is 9.80. The number of carbonyl (C=O) groups is 1. The quantitative estimate of drug-likeness (QED) is 0.441. The molecule has 4 rings (SSSR count). The molecule has 29 heavy (non-hydrogen) atoms. The van der Waals surface area contributed by atoms with Gasteiger partial charge < -0.3 is 5.11 Å². The highest BCUT2D eigenvalue weighted by atomic mass is 32.2. The van der Waals surface area contributed by atoms with Gasteiger partial charge in [0.15, 0.2) is 11.5 Å². The van der Waals surface area contributed by atoms with Crippen molar-refractivity contribution in [2.45, 2.75) is 68.7 Å². The maximum atomic E-state index is 17.1. The summed E-state index contributed by atoms with van der Waals surface area (Å²) in [5.41, 5.74) is -1.86. The van der Waals surface area contributed by atoms with Gasteiger partial charge in [-0.3, -0.25) is 4.79 Å². The van der Waals surface area contributed by atoms with Crippen LogP contribution in [-0.4, -0.2) is 38.2 Å². The molecule has 0 unspecified atom stereocenters. The van der Waals surface area contributed by atoms with Gasteiger partial charge in [-0.05, 0) is 68.3 Å². The largest absolute Gasteiger partial charge is 0.390 e. The molecule has 0 aromatic carbocycles. The molecule has 0 aromatic heterocycles. The average molecular weight is 437 g/mol. The zero-order valence-electron chi connectivity index (χ0n) is 17.7. The molecular weight excluding hydrogens is 403 g/mol. The fraction of sp³-hybridized carbons (Fsp3) is 0.708. The van der Waals surface area contributed by atoms with Crippen molar-refractivity contribution in [3.8, 4) is 0 Å². The maximum absolute atomic E-state index is 17.1. The number of ketones is 1. The SMILES string of the molecule is C=CCS[C@@]1(SCC)CC[C@H]2[C@@H]3CCC4=CC(=O)C=C[C@]4(C)[C@@]3(F)[C@@H](O)C[C@@]21C. The molecule has 0 amide bonds. The van der Waals surface area contributed by atoms with Gasteiger partial charge in [0.05, 0.1) is 10.2 Å². The molecule has 2 nitrogen and oxygen atoms in total. The van der Waals surface area contributed by atoms with Crippen LogP contribution in [0.2, 0.25) is 0 Å². The normalized spacial score (nSPS) is 48.5. The molecule has 0 heterocycles. The minimum absolute atomic E-state index is 0.00168. The Morgan fingerprint density at radius 3 is 2.76 bits per heavy atom. The first kappa shape index (κ1) is 21.7. The summed E-state index contributed by atoms with van der Waals surface area (Å²) in [5.74, 6) is 1.90. The van der Waals surface area contributed by atoms with Crippen LogP contribution < -0.4 is 0 Å². The van der Waals surface area contributed by atoms with E-state index in [-0.39, 0.29) is 27.1 Å². The van der Waals surface area contributed by atoms with Gasteiger partial charge in [-0.15, -0.1) is 30.1 Å². The molecule has 0 radical (unpaired) electrons. The number of hydrogen-bond acceptors (Lipinski definition) is 4. The third kappa shape index (κ3) is 2.75. The number of aliphatic hydroxyl groups is 1. The highest BCUT2D eigenvalue weighted by Crippen LogP contribution is 2.73. The smallest absolute Gasteiger partial charge is 0.178 e. The fourth-order valence-electron chi connectivity index (χ4n) is 7.10. The Kier molecular flexibility index (Phi) is 5.44. The minimum atomic E-state index is -1.71. The number of allylic oxidation sites excluding steroid dienone is 4. The first-order chi connectivity index (χ1) is 13.7. The van der Waals surface area contributed by atoms with Crippen molar-refractivity contribution in [2.75, 3.05) is 11.5 Å². The zero-order chi connectivity index (χ0) is 21.1. The van der Waals surface area contributed by atoms with E-state index >= 15 is 4.39 Å². The van der Waals surface area contributed by atoms with Crippen LogP contribution >= 0.6 is 23.5 Å². The molecule has 3 fully saturated rings. The molecule has 5 heteroatoms. The predicted molar refractivity (Wildman–Crippen MR) is 122 cm³/mol. The third-order valence-electron chi connectivity index (χ3n) is 8.50. The number of halogens is 1. The topological polar surface area (TPSA) is 37.3 Å². The summed E-state index contributed by atoms with van der Waals surface area (Å²) in [6, 6.07) is 0. The highest BCUT2D eigenvalue weighted by Gasteiger charge is 2.73. The Balaban J connectivity index is 1.77. The summed E-state index contributed by atoms with van der Waals surface area (Å²) in [4.78, 5) is 11.9. The van der Waals surface area contributed by atoms with Crippen LogP contribution in [0.1, 0.15) is 52.9 Å². The number of thioether (sulfide) groups is 2. The number of carbonyl (C=O) groups excluding carboxylic acids is 1. The van der Waals surface area contributed by atoms with Crippen molar-refractivity contribution in [1.29, 1.82) is 0 Å². The van der Waals surface area contributed by atoms with Gasteiger partial charge >= 0.3 is 0 Å². The summed E-state index contributed by atoms with van der Waals surface area (Å²) < 4.78 is 17.1. The number of fused-ring (bicyclic) bond motifs is 5. The summed E-state index contributed by atoms with van der Waals surface area (Å²) in [7, 11) is 0. The predicted octanol–water partition coefficient (Wildman–Crippen LogP) is 5.73. The molecule has 0 saturated heterocycles. The van der Waals surface area contributed by atoms with Crippen molar-refractivity contribution in [2.24, 2.45) is 22.7 Å². The summed E-state index contributed by atoms with van der Waals surface area (Å²) in [6.45, 7) is 10.3. The molecule has 0 aromatic rings. The Morgan fingerprint density at radius 2 is 2.07 bits per heavy atom. The van der Waals surface area contributed by atoms with Crippen LogP contribution in [0.4, 0.5) is 4.39 Å². The van der Waals surface area contributed by atoms with E-state index in [1.807, 2.05) is 36.5 Å². The van der Waals surface area contributed by atoms with Gasteiger partial charge in [0.1, 0.15) is 0 Å². The van der Waals surface area contributed by atoms with Gasteiger partial charge in [-0.2, -0.15) is 0 Å². The standard InChI is InChI=1S/C24H33FO2S2/c1-5-13-29-23(28-6-2)12-10-18-19-8-7-16-14-17(26)9-11-21(16,3)24(19,25)20(27)15-22(18,23)4/h5,9,11,14,18-20,27H,1,6-8,10,12-13,15H2,2-4H3/t18-,19-,20-,21-,22-,23-,24-/m0/s1. The third-order valence-corrected chi connectivity index (χ3v) is 12.2. The second-order valence-corrected chi connectivity index (χ2v) is 12.7. The second kappa shape index (κ2) is 7.27.